The Morgan fingerprint density at radius 1 is 1.32 bits per heavy atom. The maximum atomic E-state index is 11.1. The first kappa shape index (κ1) is 11.8. The Balaban J connectivity index is 2.09. The van der Waals surface area contributed by atoms with Crippen molar-refractivity contribution in [3.8, 4) is 0 Å². The molecule has 1 aliphatic rings. The van der Waals surface area contributed by atoms with Gasteiger partial charge in [0.2, 0.25) is 0 Å². The first-order chi connectivity index (χ1) is 9.15. The van der Waals surface area contributed by atoms with Crippen molar-refractivity contribution in [1.29, 1.82) is 0 Å². The second-order valence-electron chi connectivity index (χ2n) is 4.17. The van der Waals surface area contributed by atoms with Crippen molar-refractivity contribution < 1.29 is 9.90 Å². The summed E-state index contributed by atoms with van der Waals surface area (Å²) in [6, 6.07) is 8.75. The van der Waals surface area contributed by atoms with E-state index in [1.54, 1.807) is 35.2 Å². The van der Waals surface area contributed by atoms with Gasteiger partial charge < -0.3 is 10.4 Å². The first-order valence-corrected chi connectivity index (χ1v) is 6.04. The van der Waals surface area contributed by atoms with Crippen LogP contribution in [0.1, 0.15) is 11.6 Å². The molecule has 0 radical (unpaired) electrons. The van der Waals surface area contributed by atoms with E-state index >= 15 is 0 Å². The van der Waals surface area contributed by atoms with Gasteiger partial charge in [0, 0.05) is 11.1 Å². The lowest BCUT2D eigenvalue weighted by Gasteiger charge is -2.23. The quantitative estimate of drug-likeness (QED) is 0.884. The molecule has 2 aromatic rings. The molecule has 0 amide bonds. The highest BCUT2D eigenvalue weighted by atomic mass is 35.5. The maximum Gasteiger partial charge on any atom is 0.352 e. The van der Waals surface area contributed by atoms with Crippen molar-refractivity contribution in [1.82, 2.24) is 9.78 Å². The third-order valence-electron chi connectivity index (χ3n) is 2.96. The Hall–Kier alpha value is -2.27. The van der Waals surface area contributed by atoms with E-state index in [0.717, 1.165) is 5.56 Å². The van der Waals surface area contributed by atoms with Crippen molar-refractivity contribution >= 4 is 23.4 Å². The van der Waals surface area contributed by atoms with Gasteiger partial charge in [0.05, 0.1) is 12.2 Å². The second kappa shape index (κ2) is 4.44. The fourth-order valence-electron chi connectivity index (χ4n) is 2.07. The second-order valence-corrected chi connectivity index (χ2v) is 4.60. The normalized spacial score (nSPS) is 17.3. The summed E-state index contributed by atoms with van der Waals surface area (Å²) >= 11 is 5.86. The zero-order valence-electron chi connectivity index (χ0n) is 9.75. The zero-order chi connectivity index (χ0) is 13.4. The largest absolute Gasteiger partial charge is 0.477 e. The number of carbonyl (C=O) groups is 1. The van der Waals surface area contributed by atoms with Gasteiger partial charge in [-0.15, -0.1) is 0 Å². The Bertz CT molecular complexity index is 661. The molecule has 1 aromatic carbocycles. The van der Waals surface area contributed by atoms with Crippen LogP contribution in [0.15, 0.2) is 48.3 Å². The molecule has 0 spiro atoms. The Morgan fingerprint density at radius 3 is 2.74 bits per heavy atom. The number of nitrogens with one attached hydrogen (secondary N) is 1. The number of benzene rings is 1. The lowest BCUT2D eigenvalue weighted by molar-refractivity contribution is -0.132. The highest BCUT2D eigenvalue weighted by Crippen LogP contribution is 2.29. The van der Waals surface area contributed by atoms with Crippen LogP contribution in [-0.4, -0.2) is 20.9 Å². The summed E-state index contributed by atoms with van der Waals surface area (Å²) in [6.45, 7) is 0. The number of nitrogens with zero attached hydrogens (tertiary/aromatic N) is 2. The molecule has 5 nitrogen and oxygen atoms in total. The van der Waals surface area contributed by atoms with Gasteiger partial charge in [-0.1, -0.05) is 23.7 Å². The summed E-state index contributed by atoms with van der Waals surface area (Å²) in [4.78, 5) is 11.1. The molecule has 0 aliphatic carbocycles. The van der Waals surface area contributed by atoms with E-state index in [1.165, 1.54) is 0 Å². The lowest BCUT2D eigenvalue weighted by atomic mass is 10.0. The number of carboxylic acids is 1. The van der Waals surface area contributed by atoms with Crippen LogP contribution in [0.3, 0.4) is 0 Å². The van der Waals surface area contributed by atoms with Crippen molar-refractivity contribution in [3.63, 3.8) is 0 Å². The van der Waals surface area contributed by atoms with Crippen molar-refractivity contribution in [2.24, 2.45) is 0 Å². The van der Waals surface area contributed by atoms with E-state index in [0.29, 0.717) is 10.8 Å². The van der Waals surface area contributed by atoms with Crippen LogP contribution >= 0.6 is 11.6 Å². The Labute approximate surface area is 114 Å². The Kier molecular flexibility index (Phi) is 2.76. The van der Waals surface area contributed by atoms with Crippen molar-refractivity contribution in [2.75, 3.05) is 5.32 Å². The van der Waals surface area contributed by atoms with E-state index < -0.39 is 5.97 Å². The van der Waals surface area contributed by atoms with Crippen LogP contribution in [0.4, 0.5) is 5.82 Å². The number of hydrogen-bond acceptors (Lipinski definition) is 3. The van der Waals surface area contributed by atoms with E-state index in [1.807, 2.05) is 12.1 Å². The number of aliphatic carboxylic acids is 1. The third-order valence-corrected chi connectivity index (χ3v) is 3.21. The van der Waals surface area contributed by atoms with Crippen molar-refractivity contribution in [3.05, 3.63) is 58.9 Å². The van der Waals surface area contributed by atoms with E-state index in [4.69, 9.17) is 16.7 Å². The highest BCUT2D eigenvalue weighted by molar-refractivity contribution is 6.30. The topological polar surface area (TPSA) is 67.1 Å². The smallest absolute Gasteiger partial charge is 0.352 e. The van der Waals surface area contributed by atoms with E-state index in [-0.39, 0.29) is 11.7 Å². The molecule has 1 unspecified atom stereocenters. The van der Waals surface area contributed by atoms with Crippen LogP contribution in [0.2, 0.25) is 5.02 Å². The molecular formula is C13H10ClN3O2. The van der Waals surface area contributed by atoms with Gasteiger partial charge in [-0.2, -0.15) is 5.10 Å². The van der Waals surface area contributed by atoms with E-state index in [9.17, 15) is 4.79 Å². The molecule has 0 bridgehead atoms. The monoisotopic (exact) mass is 275 g/mol. The molecule has 3 rings (SSSR count). The molecule has 2 N–H and O–H groups in total. The lowest BCUT2D eigenvalue weighted by Crippen LogP contribution is -2.23. The molecule has 0 saturated carbocycles. The summed E-state index contributed by atoms with van der Waals surface area (Å²) < 4.78 is 1.73. The van der Waals surface area contributed by atoms with Gasteiger partial charge in [-0.25, -0.2) is 9.48 Å². The van der Waals surface area contributed by atoms with E-state index in [2.05, 4.69) is 10.4 Å². The number of anilines is 1. The summed E-state index contributed by atoms with van der Waals surface area (Å²) in [5.41, 5.74) is 1.07. The zero-order valence-corrected chi connectivity index (χ0v) is 10.5. The van der Waals surface area contributed by atoms with Crippen LogP contribution in [0, 0.1) is 0 Å². The molecular weight excluding hydrogens is 266 g/mol. The SMILES string of the molecule is O=C(O)C1=CC(c2ccc(Cl)cc2)n2nccc2N1. The molecule has 1 atom stereocenters. The van der Waals surface area contributed by atoms with Gasteiger partial charge in [0.1, 0.15) is 11.5 Å². The summed E-state index contributed by atoms with van der Waals surface area (Å²) in [5, 5.41) is 16.8. The number of carboxylic acid groups (broad SMARTS) is 1. The van der Waals surface area contributed by atoms with Crippen LogP contribution < -0.4 is 5.32 Å². The average molecular weight is 276 g/mol. The standard InChI is InChI=1S/C13H10ClN3O2/c14-9-3-1-8(2-4-9)11-7-10(13(18)19)16-12-5-6-15-17(11)12/h1-7,11,16H,(H,18,19). The predicted octanol–water partition coefficient (Wildman–Crippen LogP) is 2.52. The number of rotatable bonds is 2. The molecule has 1 aliphatic heterocycles. The van der Waals surface area contributed by atoms with Gasteiger partial charge >= 0.3 is 5.97 Å². The first-order valence-electron chi connectivity index (χ1n) is 5.66. The molecule has 2 heterocycles. The van der Waals surface area contributed by atoms with Gasteiger partial charge in [-0.05, 0) is 23.8 Å². The minimum absolute atomic E-state index is 0.146. The number of aromatic nitrogens is 2. The minimum atomic E-state index is -0.994. The van der Waals surface area contributed by atoms with Crippen LogP contribution in [0.25, 0.3) is 0 Å². The molecule has 0 fully saturated rings. The molecule has 96 valence electrons. The fourth-order valence-corrected chi connectivity index (χ4v) is 2.19. The molecule has 6 heteroatoms. The molecule has 19 heavy (non-hydrogen) atoms. The number of halogens is 1. The third kappa shape index (κ3) is 2.08. The van der Waals surface area contributed by atoms with Gasteiger partial charge in [0.25, 0.3) is 0 Å². The minimum Gasteiger partial charge on any atom is -0.477 e. The van der Waals surface area contributed by atoms with Gasteiger partial charge in [-0.3, -0.25) is 0 Å². The summed E-state index contributed by atoms with van der Waals surface area (Å²) in [7, 11) is 0. The average Bonchev–Trinajstić information content (AvgIpc) is 2.86. The molecule has 1 aromatic heterocycles. The highest BCUT2D eigenvalue weighted by Gasteiger charge is 2.24. The maximum absolute atomic E-state index is 11.1. The predicted molar refractivity (Wildman–Crippen MR) is 71.2 cm³/mol. The van der Waals surface area contributed by atoms with Crippen LogP contribution in [-0.2, 0) is 4.79 Å². The summed E-state index contributed by atoms with van der Waals surface area (Å²) in [5.74, 6) is -0.341. The van der Waals surface area contributed by atoms with Crippen molar-refractivity contribution in [2.45, 2.75) is 6.04 Å². The number of fused-ring (bicyclic) bond motifs is 1. The number of allylic oxidation sites excluding steroid dienone is 1. The fraction of sp³-hybridized carbons (Fsp3) is 0.0769. The number of hydrogen-bond donors (Lipinski definition) is 2. The summed E-state index contributed by atoms with van der Waals surface area (Å²) in [6.07, 6.45) is 3.26. The van der Waals surface area contributed by atoms with Gasteiger partial charge in [0.15, 0.2) is 0 Å². The Morgan fingerprint density at radius 2 is 2.05 bits per heavy atom. The van der Waals surface area contributed by atoms with Crippen LogP contribution in [0.5, 0.6) is 0 Å². The molecule has 0 saturated heterocycles.